The average Bonchev–Trinajstić information content (AvgIpc) is 2.27. The maximum absolute atomic E-state index is 11.0. The van der Waals surface area contributed by atoms with E-state index in [4.69, 9.17) is 0 Å². The smallest absolute Gasteiger partial charge is 0.111 e. The fourth-order valence-corrected chi connectivity index (χ4v) is 3.67. The van der Waals surface area contributed by atoms with Crippen molar-refractivity contribution in [1.82, 2.24) is 4.90 Å². The van der Waals surface area contributed by atoms with Crippen molar-refractivity contribution in [3.05, 3.63) is 22.9 Å². The van der Waals surface area contributed by atoms with Crippen molar-refractivity contribution in [1.29, 1.82) is 0 Å². The van der Waals surface area contributed by atoms with Crippen LogP contribution in [0.4, 0.5) is 0 Å². The van der Waals surface area contributed by atoms with Gasteiger partial charge in [0.2, 0.25) is 0 Å². The molecule has 2 heterocycles. The Morgan fingerprint density at radius 2 is 2.12 bits per heavy atom. The van der Waals surface area contributed by atoms with E-state index in [0.717, 1.165) is 32.4 Å². The van der Waals surface area contributed by atoms with Gasteiger partial charge in [0, 0.05) is 24.7 Å². The van der Waals surface area contributed by atoms with Crippen molar-refractivity contribution >= 4 is 0 Å². The van der Waals surface area contributed by atoms with Crippen LogP contribution in [0.2, 0.25) is 0 Å². The Morgan fingerprint density at radius 1 is 1.38 bits per heavy atom. The summed E-state index contributed by atoms with van der Waals surface area (Å²) in [5, 5.41) is 11.0. The van der Waals surface area contributed by atoms with Crippen molar-refractivity contribution in [2.45, 2.75) is 45.1 Å². The van der Waals surface area contributed by atoms with Gasteiger partial charge in [-0.1, -0.05) is 18.6 Å². The molecule has 1 N–H and O–H groups in total. The number of nitrogens with zero attached hydrogens (tertiary/aromatic N) is 1. The van der Waals surface area contributed by atoms with E-state index in [1.807, 2.05) is 0 Å². The highest BCUT2D eigenvalue weighted by atomic mass is 16.3. The van der Waals surface area contributed by atoms with Gasteiger partial charge in [0.05, 0.1) is 0 Å². The third kappa shape index (κ3) is 1.22. The molecule has 2 heteroatoms. The zero-order chi connectivity index (χ0) is 11.3. The highest BCUT2D eigenvalue weighted by Gasteiger charge is 2.47. The van der Waals surface area contributed by atoms with Crippen molar-refractivity contribution in [3.8, 4) is 0 Å². The standard InChI is InChI=1S/C14H21NO/c1-10-9-12-5-3-7-15-8-4-6-14(16,11(10)2)13(12)15/h9,11,16H,3-8H2,1-2H3. The molecule has 2 nitrogen and oxygen atoms in total. The minimum absolute atomic E-state index is 0.284. The topological polar surface area (TPSA) is 23.5 Å². The van der Waals surface area contributed by atoms with E-state index in [0.29, 0.717) is 0 Å². The first kappa shape index (κ1) is 10.4. The largest absolute Gasteiger partial charge is 0.383 e. The number of hydrogen-bond acceptors (Lipinski definition) is 2. The predicted molar refractivity (Wildman–Crippen MR) is 64.9 cm³/mol. The first-order chi connectivity index (χ1) is 7.63. The van der Waals surface area contributed by atoms with Crippen molar-refractivity contribution in [2.75, 3.05) is 13.1 Å². The lowest BCUT2D eigenvalue weighted by molar-refractivity contribution is -0.0260. The van der Waals surface area contributed by atoms with Gasteiger partial charge in [-0.15, -0.1) is 0 Å². The van der Waals surface area contributed by atoms with Gasteiger partial charge >= 0.3 is 0 Å². The van der Waals surface area contributed by atoms with Gasteiger partial charge in [-0.05, 0) is 38.2 Å². The summed E-state index contributed by atoms with van der Waals surface area (Å²) in [5.74, 6) is 0.284. The highest BCUT2D eigenvalue weighted by Crippen LogP contribution is 2.47. The molecule has 2 unspecified atom stereocenters. The van der Waals surface area contributed by atoms with Crippen LogP contribution in [-0.4, -0.2) is 28.7 Å². The second-order valence-corrected chi connectivity index (χ2v) is 5.60. The van der Waals surface area contributed by atoms with E-state index < -0.39 is 5.60 Å². The molecule has 0 radical (unpaired) electrons. The second-order valence-electron chi connectivity index (χ2n) is 5.60. The van der Waals surface area contributed by atoms with Gasteiger partial charge in [0.15, 0.2) is 0 Å². The van der Waals surface area contributed by atoms with Gasteiger partial charge in [0.25, 0.3) is 0 Å². The maximum atomic E-state index is 11.0. The third-order valence-electron chi connectivity index (χ3n) is 4.69. The van der Waals surface area contributed by atoms with Crippen LogP contribution in [0.1, 0.15) is 39.5 Å². The summed E-state index contributed by atoms with van der Waals surface area (Å²) in [6.07, 6.45) is 6.79. The molecule has 0 saturated carbocycles. The normalized spacial score (nSPS) is 38.3. The molecule has 0 aromatic heterocycles. The van der Waals surface area contributed by atoms with Gasteiger partial charge < -0.3 is 10.0 Å². The quantitative estimate of drug-likeness (QED) is 0.676. The Kier molecular flexibility index (Phi) is 2.19. The number of aliphatic hydroxyl groups is 1. The Morgan fingerprint density at radius 3 is 2.94 bits per heavy atom. The summed E-state index contributed by atoms with van der Waals surface area (Å²) in [4.78, 5) is 2.43. The molecule has 0 aromatic rings. The average molecular weight is 219 g/mol. The molecule has 0 amide bonds. The number of rotatable bonds is 0. The molecule has 1 fully saturated rings. The number of piperidine rings is 1. The SMILES string of the molecule is CC1=CC2=C3N(CCC2)CCCC3(O)C1C. The summed E-state index contributed by atoms with van der Waals surface area (Å²) >= 11 is 0. The third-order valence-corrected chi connectivity index (χ3v) is 4.69. The molecule has 3 aliphatic rings. The lowest BCUT2D eigenvalue weighted by Gasteiger charge is -2.51. The Balaban J connectivity index is 2.15. The first-order valence-electron chi connectivity index (χ1n) is 6.52. The van der Waals surface area contributed by atoms with Crippen molar-refractivity contribution in [3.63, 3.8) is 0 Å². The van der Waals surface area contributed by atoms with Crippen molar-refractivity contribution < 1.29 is 5.11 Å². The molecule has 1 aliphatic carbocycles. The lowest BCUT2D eigenvalue weighted by Crippen LogP contribution is -2.53. The van der Waals surface area contributed by atoms with Crippen LogP contribution in [0.5, 0.6) is 0 Å². The van der Waals surface area contributed by atoms with Gasteiger partial charge in [0.1, 0.15) is 5.60 Å². The first-order valence-corrected chi connectivity index (χ1v) is 6.52. The van der Waals surface area contributed by atoms with Gasteiger partial charge in [-0.3, -0.25) is 0 Å². The van der Waals surface area contributed by atoms with E-state index >= 15 is 0 Å². The fraction of sp³-hybridized carbons (Fsp3) is 0.714. The van der Waals surface area contributed by atoms with Crippen LogP contribution < -0.4 is 0 Å². The fourth-order valence-electron chi connectivity index (χ4n) is 3.67. The van der Waals surface area contributed by atoms with Crippen LogP contribution in [0.3, 0.4) is 0 Å². The number of hydrogen-bond donors (Lipinski definition) is 1. The van der Waals surface area contributed by atoms with Crippen LogP contribution in [0.25, 0.3) is 0 Å². The predicted octanol–water partition coefficient (Wildman–Crippen LogP) is 2.46. The van der Waals surface area contributed by atoms with Crippen molar-refractivity contribution in [2.24, 2.45) is 5.92 Å². The van der Waals surface area contributed by atoms with Crippen LogP contribution in [0.15, 0.2) is 22.9 Å². The molecule has 0 aromatic carbocycles. The summed E-state index contributed by atoms with van der Waals surface area (Å²) in [5.41, 5.74) is 3.46. The highest BCUT2D eigenvalue weighted by molar-refractivity contribution is 5.42. The summed E-state index contributed by atoms with van der Waals surface area (Å²) < 4.78 is 0. The zero-order valence-corrected chi connectivity index (χ0v) is 10.3. The van der Waals surface area contributed by atoms with Gasteiger partial charge in [-0.2, -0.15) is 0 Å². The Bertz CT molecular complexity index is 382. The van der Waals surface area contributed by atoms with E-state index in [1.165, 1.54) is 23.3 Å². The molecule has 88 valence electrons. The second kappa shape index (κ2) is 3.36. The van der Waals surface area contributed by atoms with E-state index in [-0.39, 0.29) is 5.92 Å². The Labute approximate surface area is 97.6 Å². The monoisotopic (exact) mass is 219 g/mol. The molecule has 2 aliphatic heterocycles. The molecule has 16 heavy (non-hydrogen) atoms. The lowest BCUT2D eigenvalue weighted by atomic mass is 9.69. The Hall–Kier alpha value is -0.760. The van der Waals surface area contributed by atoms with Gasteiger partial charge in [-0.25, -0.2) is 0 Å². The molecule has 2 atom stereocenters. The minimum Gasteiger partial charge on any atom is -0.383 e. The van der Waals surface area contributed by atoms with E-state index in [2.05, 4.69) is 24.8 Å². The zero-order valence-electron chi connectivity index (χ0n) is 10.3. The molecular formula is C14H21NO. The van der Waals surface area contributed by atoms with Crippen LogP contribution in [0, 0.1) is 5.92 Å². The molecule has 3 rings (SSSR count). The van der Waals surface area contributed by atoms with Crippen LogP contribution in [-0.2, 0) is 0 Å². The van der Waals surface area contributed by atoms with E-state index in [1.54, 1.807) is 0 Å². The molecule has 1 saturated heterocycles. The summed E-state index contributed by atoms with van der Waals surface area (Å²) in [7, 11) is 0. The minimum atomic E-state index is -0.563. The van der Waals surface area contributed by atoms with E-state index in [9.17, 15) is 5.11 Å². The number of allylic oxidation sites excluding steroid dienone is 2. The maximum Gasteiger partial charge on any atom is 0.111 e. The summed E-state index contributed by atoms with van der Waals surface area (Å²) in [6.45, 7) is 6.62. The summed E-state index contributed by atoms with van der Waals surface area (Å²) in [6, 6.07) is 0. The molecule has 0 bridgehead atoms. The van der Waals surface area contributed by atoms with Crippen LogP contribution >= 0.6 is 0 Å². The molecule has 0 spiro atoms. The molecular weight excluding hydrogens is 198 g/mol.